The Hall–Kier alpha value is -2.82. The highest BCUT2D eigenvalue weighted by atomic mass is 19.1. The maximum Gasteiger partial charge on any atom is 0.335 e. The molecule has 3 aromatic rings. The van der Waals surface area contributed by atoms with Crippen molar-refractivity contribution in [3.8, 4) is 11.1 Å². The summed E-state index contributed by atoms with van der Waals surface area (Å²) in [6.45, 7) is 3.27. The van der Waals surface area contributed by atoms with Gasteiger partial charge in [0.05, 0.1) is 16.6 Å². The van der Waals surface area contributed by atoms with E-state index in [0.29, 0.717) is 27.6 Å². The van der Waals surface area contributed by atoms with E-state index in [2.05, 4.69) is 4.98 Å². The maximum absolute atomic E-state index is 14.5. The van der Waals surface area contributed by atoms with Crippen LogP contribution in [0.1, 0.15) is 21.5 Å². The van der Waals surface area contributed by atoms with Crippen molar-refractivity contribution in [3.05, 3.63) is 64.9 Å². The molecule has 0 unspecified atom stereocenters. The second-order valence-electron chi connectivity index (χ2n) is 5.41. The maximum atomic E-state index is 14.5. The van der Waals surface area contributed by atoms with Crippen LogP contribution in [0.2, 0.25) is 0 Å². The van der Waals surface area contributed by atoms with Crippen molar-refractivity contribution in [1.29, 1.82) is 0 Å². The average molecular weight is 313 g/mol. The first kappa shape index (κ1) is 15.1. The number of nitrogens with zero attached hydrogens (tertiary/aromatic N) is 1. The van der Waals surface area contributed by atoms with Crippen LogP contribution in [-0.4, -0.2) is 16.1 Å². The lowest BCUT2D eigenvalue weighted by Crippen LogP contribution is -2.00. The molecule has 1 heterocycles. The van der Waals surface area contributed by atoms with Crippen LogP contribution in [0, 0.1) is 25.5 Å². The van der Waals surface area contributed by atoms with Crippen LogP contribution in [0.3, 0.4) is 0 Å². The highest BCUT2D eigenvalue weighted by molar-refractivity contribution is 6.01. The van der Waals surface area contributed by atoms with Crippen LogP contribution in [0.5, 0.6) is 0 Å². The zero-order valence-electron chi connectivity index (χ0n) is 12.5. The van der Waals surface area contributed by atoms with Gasteiger partial charge in [-0.1, -0.05) is 6.07 Å². The summed E-state index contributed by atoms with van der Waals surface area (Å²) in [6, 6.07) is 6.95. The summed E-state index contributed by atoms with van der Waals surface area (Å²) in [5.41, 5.74) is 1.65. The van der Waals surface area contributed by atoms with Crippen molar-refractivity contribution in [1.82, 2.24) is 4.98 Å². The normalized spacial score (nSPS) is 11.0. The molecule has 0 spiro atoms. The van der Waals surface area contributed by atoms with Gasteiger partial charge in [-0.2, -0.15) is 0 Å². The van der Waals surface area contributed by atoms with Gasteiger partial charge in [-0.05, 0) is 54.8 Å². The molecule has 0 aliphatic heterocycles. The molecule has 0 bridgehead atoms. The molecule has 0 radical (unpaired) electrons. The Morgan fingerprint density at radius 2 is 1.83 bits per heavy atom. The summed E-state index contributed by atoms with van der Waals surface area (Å²) >= 11 is 0. The second-order valence-corrected chi connectivity index (χ2v) is 5.41. The monoisotopic (exact) mass is 313 g/mol. The van der Waals surface area contributed by atoms with Gasteiger partial charge in [0.2, 0.25) is 0 Å². The smallest absolute Gasteiger partial charge is 0.335 e. The average Bonchev–Trinajstić information content (AvgIpc) is 2.51. The SMILES string of the molecule is Cc1ccc(F)c(-c2ccnc3c(C)cc(C(=O)O)cc23)c1F. The van der Waals surface area contributed by atoms with E-state index in [1.807, 2.05) is 0 Å². The number of aryl methyl sites for hydroxylation is 2. The first-order valence-electron chi connectivity index (χ1n) is 6.97. The molecule has 0 atom stereocenters. The van der Waals surface area contributed by atoms with Gasteiger partial charge in [0, 0.05) is 11.6 Å². The van der Waals surface area contributed by atoms with Crippen LogP contribution in [0.25, 0.3) is 22.0 Å². The van der Waals surface area contributed by atoms with Crippen molar-refractivity contribution >= 4 is 16.9 Å². The van der Waals surface area contributed by atoms with Crippen molar-refractivity contribution < 1.29 is 18.7 Å². The molecule has 1 aromatic heterocycles. The minimum atomic E-state index is -1.10. The first-order valence-corrected chi connectivity index (χ1v) is 6.97. The van der Waals surface area contributed by atoms with Crippen molar-refractivity contribution in [2.24, 2.45) is 0 Å². The molecule has 0 fully saturated rings. The van der Waals surface area contributed by atoms with E-state index >= 15 is 0 Å². The van der Waals surface area contributed by atoms with E-state index in [9.17, 15) is 18.7 Å². The van der Waals surface area contributed by atoms with Gasteiger partial charge in [-0.25, -0.2) is 13.6 Å². The summed E-state index contributed by atoms with van der Waals surface area (Å²) in [4.78, 5) is 15.5. The predicted molar refractivity (Wildman–Crippen MR) is 83.5 cm³/mol. The third kappa shape index (κ3) is 2.44. The van der Waals surface area contributed by atoms with Crippen LogP contribution in [0.4, 0.5) is 8.78 Å². The number of hydrogen-bond acceptors (Lipinski definition) is 2. The number of fused-ring (bicyclic) bond motifs is 1. The van der Waals surface area contributed by atoms with Crippen molar-refractivity contribution in [2.45, 2.75) is 13.8 Å². The third-order valence-electron chi connectivity index (χ3n) is 3.84. The van der Waals surface area contributed by atoms with E-state index in [-0.39, 0.29) is 11.1 Å². The number of aromatic nitrogens is 1. The lowest BCUT2D eigenvalue weighted by atomic mass is 9.95. The Balaban J connectivity index is 2.44. The van der Waals surface area contributed by atoms with Crippen LogP contribution >= 0.6 is 0 Å². The largest absolute Gasteiger partial charge is 0.478 e. The van der Waals surface area contributed by atoms with Crippen LogP contribution in [-0.2, 0) is 0 Å². The number of rotatable bonds is 2. The number of halogens is 2. The Labute approximate surface area is 131 Å². The van der Waals surface area contributed by atoms with E-state index < -0.39 is 17.6 Å². The van der Waals surface area contributed by atoms with Gasteiger partial charge >= 0.3 is 5.97 Å². The third-order valence-corrected chi connectivity index (χ3v) is 3.84. The Bertz CT molecular complexity index is 951. The Morgan fingerprint density at radius 3 is 2.52 bits per heavy atom. The lowest BCUT2D eigenvalue weighted by Gasteiger charge is -2.12. The van der Waals surface area contributed by atoms with Crippen LogP contribution in [0.15, 0.2) is 36.5 Å². The van der Waals surface area contributed by atoms with E-state index in [4.69, 9.17) is 0 Å². The highest BCUT2D eigenvalue weighted by Crippen LogP contribution is 2.34. The Morgan fingerprint density at radius 1 is 1.09 bits per heavy atom. The summed E-state index contributed by atoms with van der Waals surface area (Å²) in [7, 11) is 0. The minimum absolute atomic E-state index is 0.0534. The number of benzene rings is 2. The summed E-state index contributed by atoms with van der Waals surface area (Å²) in [6.07, 6.45) is 1.46. The number of carbonyl (C=O) groups is 1. The van der Waals surface area contributed by atoms with E-state index in [1.165, 1.54) is 36.5 Å². The fourth-order valence-corrected chi connectivity index (χ4v) is 2.68. The number of pyridine rings is 1. The lowest BCUT2D eigenvalue weighted by molar-refractivity contribution is 0.0697. The molecule has 0 amide bonds. The molecule has 2 aromatic carbocycles. The Kier molecular flexibility index (Phi) is 3.56. The predicted octanol–water partition coefficient (Wildman–Crippen LogP) is 4.50. The molecule has 1 N–H and O–H groups in total. The standard InChI is InChI=1S/C18H13F2NO2/c1-9-3-4-14(19)15(16(9)20)12-5-6-21-17-10(2)7-11(18(22)23)8-13(12)17/h3-8H,1-2H3,(H,22,23). The molecular formula is C18H13F2NO2. The zero-order chi connectivity index (χ0) is 16.7. The number of carboxylic acid groups (broad SMARTS) is 1. The molecule has 3 nitrogen and oxygen atoms in total. The fourth-order valence-electron chi connectivity index (χ4n) is 2.68. The minimum Gasteiger partial charge on any atom is -0.478 e. The van der Waals surface area contributed by atoms with Gasteiger partial charge < -0.3 is 5.11 Å². The zero-order valence-corrected chi connectivity index (χ0v) is 12.5. The van der Waals surface area contributed by atoms with Gasteiger partial charge in [0.25, 0.3) is 0 Å². The molecule has 5 heteroatoms. The topological polar surface area (TPSA) is 50.2 Å². The quantitative estimate of drug-likeness (QED) is 0.758. The second kappa shape index (κ2) is 5.43. The molecule has 0 aliphatic rings. The summed E-state index contributed by atoms with van der Waals surface area (Å²) < 4.78 is 28.7. The van der Waals surface area contributed by atoms with Gasteiger partial charge in [0.1, 0.15) is 11.6 Å². The van der Waals surface area contributed by atoms with E-state index in [0.717, 1.165) is 0 Å². The molecule has 23 heavy (non-hydrogen) atoms. The summed E-state index contributed by atoms with van der Waals surface area (Å²) in [5, 5.41) is 9.63. The van der Waals surface area contributed by atoms with Gasteiger partial charge in [-0.15, -0.1) is 0 Å². The molecular weight excluding hydrogens is 300 g/mol. The molecule has 0 aliphatic carbocycles. The molecule has 0 saturated carbocycles. The van der Waals surface area contributed by atoms with Gasteiger partial charge in [-0.3, -0.25) is 4.98 Å². The molecule has 3 rings (SSSR count). The fraction of sp³-hybridized carbons (Fsp3) is 0.111. The molecule has 0 saturated heterocycles. The van der Waals surface area contributed by atoms with Crippen molar-refractivity contribution in [2.75, 3.05) is 0 Å². The van der Waals surface area contributed by atoms with Gasteiger partial charge in [0.15, 0.2) is 0 Å². The molecule has 116 valence electrons. The number of aromatic carboxylic acids is 1. The van der Waals surface area contributed by atoms with Crippen molar-refractivity contribution in [3.63, 3.8) is 0 Å². The highest BCUT2D eigenvalue weighted by Gasteiger charge is 2.18. The number of hydrogen-bond donors (Lipinski definition) is 1. The van der Waals surface area contributed by atoms with E-state index in [1.54, 1.807) is 13.8 Å². The summed E-state index contributed by atoms with van der Waals surface area (Å²) in [5.74, 6) is -2.45. The number of carboxylic acids is 1. The van der Waals surface area contributed by atoms with Crippen LogP contribution < -0.4 is 0 Å². The first-order chi connectivity index (χ1) is 10.9.